The lowest BCUT2D eigenvalue weighted by Gasteiger charge is -2.08. The lowest BCUT2D eigenvalue weighted by Crippen LogP contribution is -1.99. The van der Waals surface area contributed by atoms with E-state index < -0.39 is 0 Å². The van der Waals surface area contributed by atoms with Crippen molar-refractivity contribution in [3.8, 4) is 0 Å². The first-order valence-electron chi connectivity index (χ1n) is 5.92. The molecule has 0 spiro atoms. The molecule has 0 aliphatic carbocycles. The smallest absolute Gasteiger partial charge is 0.124 e. The molecule has 96 valence electrons. The van der Waals surface area contributed by atoms with Gasteiger partial charge in [-0.1, -0.05) is 23.7 Å². The maximum Gasteiger partial charge on any atom is 0.124 e. The minimum absolute atomic E-state index is 0.324. The first-order chi connectivity index (χ1) is 9.13. The third-order valence-electron chi connectivity index (χ3n) is 3.15. The monoisotopic (exact) mass is 274 g/mol. The minimum atomic E-state index is -0.324. The van der Waals surface area contributed by atoms with Crippen molar-refractivity contribution in [2.75, 3.05) is 5.73 Å². The van der Waals surface area contributed by atoms with Crippen LogP contribution < -0.4 is 5.73 Å². The number of nitrogen functional groups attached to an aromatic ring is 1. The molecule has 0 aliphatic rings. The molecular weight excluding hydrogens is 263 g/mol. The van der Waals surface area contributed by atoms with Gasteiger partial charge in [-0.3, -0.25) is 0 Å². The predicted molar refractivity (Wildman–Crippen MR) is 76.9 cm³/mol. The average Bonchev–Trinajstić information content (AvgIpc) is 2.75. The van der Waals surface area contributed by atoms with Gasteiger partial charge in [-0.15, -0.1) is 0 Å². The van der Waals surface area contributed by atoms with Crippen LogP contribution in [0.25, 0.3) is 10.9 Å². The lowest BCUT2D eigenvalue weighted by molar-refractivity contribution is 0.626. The number of rotatable bonds is 2. The summed E-state index contributed by atoms with van der Waals surface area (Å²) in [7, 11) is 0. The van der Waals surface area contributed by atoms with Crippen molar-refractivity contribution in [2.45, 2.75) is 6.54 Å². The number of nitrogens with zero attached hydrogens (tertiary/aromatic N) is 1. The maximum atomic E-state index is 13.0. The van der Waals surface area contributed by atoms with E-state index in [1.807, 2.05) is 35.0 Å². The molecule has 1 heterocycles. The zero-order chi connectivity index (χ0) is 13.4. The number of hydrogen-bond acceptors (Lipinski definition) is 1. The van der Waals surface area contributed by atoms with E-state index in [0.717, 1.165) is 22.2 Å². The molecule has 0 radical (unpaired) electrons. The van der Waals surface area contributed by atoms with E-state index in [9.17, 15) is 4.39 Å². The number of aromatic nitrogens is 1. The SMILES string of the molecule is Nc1ccc2ccn(Cc3ccc(F)cc3Cl)c2c1. The van der Waals surface area contributed by atoms with Crippen LogP contribution in [0, 0.1) is 5.82 Å². The molecule has 0 aliphatic heterocycles. The number of fused-ring (bicyclic) bond motifs is 1. The molecule has 3 rings (SSSR count). The van der Waals surface area contributed by atoms with Crippen molar-refractivity contribution in [2.24, 2.45) is 0 Å². The van der Waals surface area contributed by atoms with Crippen LogP contribution in [0.4, 0.5) is 10.1 Å². The van der Waals surface area contributed by atoms with Crippen molar-refractivity contribution in [1.82, 2.24) is 4.57 Å². The highest BCUT2D eigenvalue weighted by molar-refractivity contribution is 6.31. The molecule has 0 fully saturated rings. The Morgan fingerprint density at radius 3 is 2.74 bits per heavy atom. The van der Waals surface area contributed by atoms with Crippen LogP contribution in [0.5, 0.6) is 0 Å². The number of anilines is 1. The summed E-state index contributed by atoms with van der Waals surface area (Å²) in [4.78, 5) is 0. The molecule has 19 heavy (non-hydrogen) atoms. The van der Waals surface area contributed by atoms with Gasteiger partial charge < -0.3 is 10.3 Å². The highest BCUT2D eigenvalue weighted by Gasteiger charge is 2.06. The Labute approximate surface area is 115 Å². The fraction of sp³-hybridized carbons (Fsp3) is 0.0667. The molecule has 0 unspecified atom stereocenters. The largest absolute Gasteiger partial charge is 0.399 e. The van der Waals surface area contributed by atoms with Gasteiger partial charge in [-0.25, -0.2) is 4.39 Å². The molecule has 0 saturated carbocycles. The second-order valence-corrected chi connectivity index (χ2v) is 4.90. The van der Waals surface area contributed by atoms with Crippen molar-refractivity contribution in [1.29, 1.82) is 0 Å². The van der Waals surface area contributed by atoms with Gasteiger partial charge in [0, 0.05) is 23.5 Å². The summed E-state index contributed by atoms with van der Waals surface area (Å²) in [6.45, 7) is 0.589. The van der Waals surface area contributed by atoms with E-state index in [-0.39, 0.29) is 5.82 Å². The van der Waals surface area contributed by atoms with Crippen LogP contribution in [0.2, 0.25) is 5.02 Å². The fourth-order valence-electron chi connectivity index (χ4n) is 2.17. The van der Waals surface area contributed by atoms with E-state index in [1.165, 1.54) is 12.1 Å². The number of halogens is 2. The Morgan fingerprint density at radius 2 is 1.95 bits per heavy atom. The van der Waals surface area contributed by atoms with Crippen LogP contribution in [-0.4, -0.2) is 4.57 Å². The summed E-state index contributed by atoms with van der Waals surface area (Å²) in [6.07, 6.45) is 1.98. The van der Waals surface area contributed by atoms with Gasteiger partial charge in [0.15, 0.2) is 0 Å². The van der Waals surface area contributed by atoms with E-state index >= 15 is 0 Å². The Morgan fingerprint density at radius 1 is 1.11 bits per heavy atom. The topological polar surface area (TPSA) is 30.9 Å². The number of hydrogen-bond donors (Lipinski definition) is 1. The molecule has 2 N–H and O–H groups in total. The summed E-state index contributed by atoms with van der Waals surface area (Å²) in [6, 6.07) is 12.2. The van der Waals surface area contributed by atoms with Crippen LogP contribution in [-0.2, 0) is 6.54 Å². The zero-order valence-electron chi connectivity index (χ0n) is 10.1. The van der Waals surface area contributed by atoms with Crippen LogP contribution >= 0.6 is 11.6 Å². The van der Waals surface area contributed by atoms with Crippen LogP contribution in [0.1, 0.15) is 5.56 Å². The summed E-state index contributed by atoms with van der Waals surface area (Å²) < 4.78 is 15.1. The number of benzene rings is 2. The summed E-state index contributed by atoms with van der Waals surface area (Å²) >= 11 is 6.05. The Hall–Kier alpha value is -2.00. The van der Waals surface area contributed by atoms with Crippen molar-refractivity contribution < 1.29 is 4.39 Å². The van der Waals surface area contributed by atoms with Crippen LogP contribution in [0.15, 0.2) is 48.7 Å². The molecule has 0 bridgehead atoms. The van der Waals surface area contributed by atoms with Gasteiger partial charge in [0.1, 0.15) is 5.82 Å². The van der Waals surface area contributed by atoms with E-state index in [1.54, 1.807) is 6.07 Å². The quantitative estimate of drug-likeness (QED) is 0.702. The molecule has 1 aromatic heterocycles. The second-order valence-electron chi connectivity index (χ2n) is 4.50. The fourth-order valence-corrected chi connectivity index (χ4v) is 2.40. The lowest BCUT2D eigenvalue weighted by atomic mass is 10.2. The van der Waals surface area contributed by atoms with Crippen molar-refractivity contribution >= 4 is 28.2 Å². The van der Waals surface area contributed by atoms with E-state index in [4.69, 9.17) is 17.3 Å². The minimum Gasteiger partial charge on any atom is -0.399 e. The third-order valence-corrected chi connectivity index (χ3v) is 3.51. The molecule has 3 aromatic rings. The first kappa shape index (κ1) is 12.1. The summed E-state index contributed by atoms with van der Waals surface area (Å²) in [5.74, 6) is -0.324. The van der Waals surface area contributed by atoms with Crippen molar-refractivity contribution in [3.63, 3.8) is 0 Å². The van der Waals surface area contributed by atoms with Gasteiger partial charge in [0.25, 0.3) is 0 Å². The first-order valence-corrected chi connectivity index (χ1v) is 6.29. The molecule has 0 amide bonds. The highest BCUT2D eigenvalue weighted by Crippen LogP contribution is 2.23. The van der Waals surface area contributed by atoms with E-state index in [2.05, 4.69) is 0 Å². The third kappa shape index (κ3) is 2.29. The highest BCUT2D eigenvalue weighted by atomic mass is 35.5. The van der Waals surface area contributed by atoms with Crippen molar-refractivity contribution in [3.05, 3.63) is 65.1 Å². The zero-order valence-corrected chi connectivity index (χ0v) is 10.9. The Balaban J connectivity index is 2.03. The van der Waals surface area contributed by atoms with Gasteiger partial charge >= 0.3 is 0 Å². The maximum absolute atomic E-state index is 13.0. The van der Waals surface area contributed by atoms with Gasteiger partial charge in [-0.05, 0) is 41.3 Å². The summed E-state index contributed by atoms with van der Waals surface area (Å²) in [5.41, 5.74) is 8.45. The molecular formula is C15H12ClFN2. The summed E-state index contributed by atoms with van der Waals surface area (Å²) in [5, 5.41) is 1.55. The standard InChI is InChI=1S/C15H12ClFN2/c16-14-7-12(17)3-1-11(14)9-19-6-5-10-2-4-13(18)8-15(10)19/h1-8H,9,18H2. The predicted octanol–water partition coefficient (Wildman–Crippen LogP) is 4.06. The molecule has 2 aromatic carbocycles. The van der Waals surface area contributed by atoms with Gasteiger partial charge in [-0.2, -0.15) is 0 Å². The Bertz CT molecular complexity index is 749. The number of nitrogens with two attached hydrogens (primary N) is 1. The molecule has 4 heteroatoms. The molecule has 0 saturated heterocycles. The van der Waals surface area contributed by atoms with Crippen LogP contribution in [0.3, 0.4) is 0 Å². The van der Waals surface area contributed by atoms with E-state index in [0.29, 0.717) is 11.6 Å². The Kier molecular flexibility index (Phi) is 2.91. The normalized spacial score (nSPS) is 11.1. The van der Waals surface area contributed by atoms with Gasteiger partial charge in [0.05, 0.1) is 5.52 Å². The molecule has 0 atom stereocenters. The second kappa shape index (κ2) is 4.59. The van der Waals surface area contributed by atoms with Gasteiger partial charge in [0.2, 0.25) is 0 Å². The average molecular weight is 275 g/mol. The molecule has 2 nitrogen and oxygen atoms in total.